The standard InChI is InChI=1S/C13H16ClNO4S/c1-3-20-11-6-8(14)4-5-9(11)12(16)15-7-10(19-2)13(17)18/h4-6,10H,3,7H2,1-2H3,(H,15,16)(H,17,18). The highest BCUT2D eigenvalue weighted by Crippen LogP contribution is 2.26. The molecule has 1 aromatic carbocycles. The van der Waals surface area contributed by atoms with Crippen molar-refractivity contribution in [2.45, 2.75) is 17.9 Å². The molecule has 0 aliphatic rings. The molecule has 0 saturated carbocycles. The van der Waals surface area contributed by atoms with Crippen molar-refractivity contribution in [3.63, 3.8) is 0 Å². The molecule has 20 heavy (non-hydrogen) atoms. The Labute approximate surface area is 126 Å². The number of amides is 1. The van der Waals surface area contributed by atoms with Crippen molar-refractivity contribution in [3.05, 3.63) is 28.8 Å². The molecule has 7 heteroatoms. The van der Waals surface area contributed by atoms with Crippen molar-refractivity contribution in [2.24, 2.45) is 0 Å². The minimum Gasteiger partial charge on any atom is -0.479 e. The lowest BCUT2D eigenvalue weighted by Gasteiger charge is -2.13. The summed E-state index contributed by atoms with van der Waals surface area (Å²) in [4.78, 5) is 23.6. The van der Waals surface area contributed by atoms with E-state index in [1.54, 1.807) is 18.2 Å². The van der Waals surface area contributed by atoms with Gasteiger partial charge >= 0.3 is 5.97 Å². The normalized spacial score (nSPS) is 11.9. The molecule has 0 bridgehead atoms. The number of thioether (sulfide) groups is 1. The lowest BCUT2D eigenvalue weighted by Crippen LogP contribution is -2.38. The highest BCUT2D eigenvalue weighted by Gasteiger charge is 2.19. The van der Waals surface area contributed by atoms with Gasteiger partial charge in [0.05, 0.1) is 12.1 Å². The third kappa shape index (κ3) is 4.70. The number of methoxy groups -OCH3 is 1. The first kappa shape index (κ1) is 16.8. The monoisotopic (exact) mass is 317 g/mol. The predicted molar refractivity (Wildman–Crippen MR) is 78.6 cm³/mol. The Morgan fingerprint density at radius 1 is 1.50 bits per heavy atom. The van der Waals surface area contributed by atoms with Crippen molar-refractivity contribution < 1.29 is 19.4 Å². The molecule has 0 aliphatic heterocycles. The smallest absolute Gasteiger partial charge is 0.334 e. The van der Waals surface area contributed by atoms with Crippen LogP contribution in [0.2, 0.25) is 5.02 Å². The molecule has 1 aromatic rings. The number of benzene rings is 1. The van der Waals surface area contributed by atoms with Crippen molar-refractivity contribution in [1.29, 1.82) is 0 Å². The molecule has 0 radical (unpaired) electrons. The molecular weight excluding hydrogens is 302 g/mol. The number of rotatable bonds is 7. The first-order chi connectivity index (χ1) is 9.49. The van der Waals surface area contributed by atoms with E-state index in [2.05, 4.69) is 5.32 Å². The summed E-state index contributed by atoms with van der Waals surface area (Å²) >= 11 is 7.40. The van der Waals surface area contributed by atoms with Crippen LogP contribution in [-0.4, -0.2) is 42.5 Å². The maximum Gasteiger partial charge on any atom is 0.334 e. The first-order valence-electron chi connectivity index (χ1n) is 5.95. The van der Waals surface area contributed by atoms with Crippen LogP contribution in [0.15, 0.2) is 23.1 Å². The summed E-state index contributed by atoms with van der Waals surface area (Å²) in [7, 11) is 1.28. The van der Waals surface area contributed by atoms with E-state index in [4.69, 9.17) is 21.4 Å². The summed E-state index contributed by atoms with van der Waals surface area (Å²) in [5.74, 6) is -0.663. The molecule has 0 heterocycles. The number of ether oxygens (including phenoxy) is 1. The third-order valence-electron chi connectivity index (χ3n) is 2.50. The van der Waals surface area contributed by atoms with Gasteiger partial charge in [-0.25, -0.2) is 4.79 Å². The molecular formula is C13H16ClNO4S. The summed E-state index contributed by atoms with van der Waals surface area (Å²) in [5.41, 5.74) is 0.474. The van der Waals surface area contributed by atoms with E-state index in [9.17, 15) is 9.59 Å². The largest absolute Gasteiger partial charge is 0.479 e. The molecule has 2 N–H and O–H groups in total. The molecule has 0 aromatic heterocycles. The fourth-order valence-corrected chi connectivity index (χ4v) is 2.59. The molecule has 110 valence electrons. The summed E-state index contributed by atoms with van der Waals surface area (Å²) in [5, 5.41) is 11.9. The lowest BCUT2D eigenvalue weighted by atomic mass is 10.2. The zero-order chi connectivity index (χ0) is 15.1. The number of carboxylic acid groups (broad SMARTS) is 1. The second kappa shape index (κ2) is 8.14. The average Bonchev–Trinajstić information content (AvgIpc) is 2.39. The zero-order valence-electron chi connectivity index (χ0n) is 11.2. The maximum atomic E-state index is 12.1. The Hall–Kier alpha value is -1.24. The van der Waals surface area contributed by atoms with Gasteiger partial charge in [-0.3, -0.25) is 4.79 Å². The second-order valence-electron chi connectivity index (χ2n) is 3.85. The van der Waals surface area contributed by atoms with Gasteiger partial charge in [0.25, 0.3) is 5.91 Å². The van der Waals surface area contributed by atoms with E-state index in [0.717, 1.165) is 10.6 Å². The van der Waals surface area contributed by atoms with E-state index < -0.39 is 12.1 Å². The molecule has 0 fully saturated rings. The molecule has 1 atom stereocenters. The van der Waals surface area contributed by atoms with Gasteiger partial charge in [-0.05, 0) is 24.0 Å². The van der Waals surface area contributed by atoms with E-state index >= 15 is 0 Å². The van der Waals surface area contributed by atoms with E-state index in [0.29, 0.717) is 10.6 Å². The summed E-state index contributed by atoms with van der Waals surface area (Å²) in [6.45, 7) is 1.88. The van der Waals surface area contributed by atoms with Crippen molar-refractivity contribution in [2.75, 3.05) is 19.4 Å². The minimum atomic E-state index is -1.12. The Morgan fingerprint density at radius 2 is 2.20 bits per heavy atom. The van der Waals surface area contributed by atoms with Crippen LogP contribution in [-0.2, 0) is 9.53 Å². The zero-order valence-corrected chi connectivity index (χ0v) is 12.8. The number of carbonyl (C=O) groups excluding carboxylic acids is 1. The van der Waals surface area contributed by atoms with Crippen LogP contribution < -0.4 is 5.32 Å². The molecule has 0 saturated heterocycles. The Balaban J connectivity index is 2.79. The van der Waals surface area contributed by atoms with Crippen LogP contribution in [0.4, 0.5) is 0 Å². The predicted octanol–water partition coefficient (Wildman–Crippen LogP) is 2.28. The number of carbonyl (C=O) groups is 2. The summed E-state index contributed by atoms with van der Waals surface area (Å²) < 4.78 is 4.75. The third-order valence-corrected chi connectivity index (χ3v) is 3.67. The van der Waals surface area contributed by atoms with Gasteiger partial charge < -0.3 is 15.2 Å². The minimum absolute atomic E-state index is 0.0937. The Bertz CT molecular complexity index is 495. The van der Waals surface area contributed by atoms with Crippen LogP contribution in [0.1, 0.15) is 17.3 Å². The van der Waals surface area contributed by atoms with Crippen LogP contribution in [0.3, 0.4) is 0 Å². The molecule has 0 spiro atoms. The van der Waals surface area contributed by atoms with Crippen LogP contribution in [0, 0.1) is 0 Å². The highest BCUT2D eigenvalue weighted by atomic mass is 35.5. The number of hydrogen-bond donors (Lipinski definition) is 2. The number of hydrogen-bond acceptors (Lipinski definition) is 4. The number of carboxylic acids is 1. The van der Waals surface area contributed by atoms with Gasteiger partial charge in [-0.15, -0.1) is 11.8 Å². The quantitative estimate of drug-likeness (QED) is 0.755. The van der Waals surface area contributed by atoms with E-state index in [-0.39, 0.29) is 12.5 Å². The number of halogens is 1. The van der Waals surface area contributed by atoms with Gasteiger partial charge in [0.15, 0.2) is 6.10 Å². The van der Waals surface area contributed by atoms with Crippen LogP contribution >= 0.6 is 23.4 Å². The molecule has 1 amide bonds. The topological polar surface area (TPSA) is 75.6 Å². The van der Waals surface area contributed by atoms with Crippen LogP contribution in [0.5, 0.6) is 0 Å². The van der Waals surface area contributed by atoms with Crippen molar-refractivity contribution in [1.82, 2.24) is 5.32 Å². The van der Waals surface area contributed by atoms with Crippen LogP contribution in [0.25, 0.3) is 0 Å². The average molecular weight is 318 g/mol. The van der Waals surface area contributed by atoms with E-state index in [1.807, 2.05) is 6.92 Å². The second-order valence-corrected chi connectivity index (χ2v) is 5.59. The van der Waals surface area contributed by atoms with Gasteiger partial charge in [0.1, 0.15) is 0 Å². The lowest BCUT2D eigenvalue weighted by molar-refractivity contribution is -0.148. The van der Waals surface area contributed by atoms with Gasteiger partial charge in [0, 0.05) is 17.0 Å². The molecule has 1 unspecified atom stereocenters. The van der Waals surface area contributed by atoms with E-state index in [1.165, 1.54) is 18.9 Å². The molecule has 5 nitrogen and oxygen atoms in total. The molecule has 0 aliphatic carbocycles. The Morgan fingerprint density at radius 3 is 2.75 bits per heavy atom. The fourth-order valence-electron chi connectivity index (χ4n) is 1.51. The SMILES string of the molecule is CCSc1cc(Cl)ccc1C(=O)NCC(OC)C(=O)O. The maximum absolute atomic E-state index is 12.1. The molecule has 1 rings (SSSR count). The number of nitrogens with one attached hydrogen (secondary N) is 1. The van der Waals surface area contributed by atoms with Gasteiger partial charge in [-0.1, -0.05) is 18.5 Å². The fraction of sp³-hybridized carbons (Fsp3) is 0.385. The van der Waals surface area contributed by atoms with Crippen molar-refractivity contribution in [3.8, 4) is 0 Å². The van der Waals surface area contributed by atoms with Gasteiger partial charge in [0.2, 0.25) is 0 Å². The van der Waals surface area contributed by atoms with Gasteiger partial charge in [-0.2, -0.15) is 0 Å². The Kier molecular flexibility index (Phi) is 6.84. The number of aliphatic carboxylic acids is 1. The van der Waals surface area contributed by atoms with Crippen molar-refractivity contribution >= 4 is 35.2 Å². The summed E-state index contributed by atoms with van der Waals surface area (Å²) in [6.07, 6.45) is -1.06. The first-order valence-corrected chi connectivity index (χ1v) is 7.32. The highest BCUT2D eigenvalue weighted by molar-refractivity contribution is 7.99. The summed E-state index contributed by atoms with van der Waals surface area (Å²) in [6, 6.07) is 4.97.